The van der Waals surface area contributed by atoms with E-state index in [-0.39, 0.29) is 30.0 Å². The second-order valence-electron chi connectivity index (χ2n) is 8.35. The summed E-state index contributed by atoms with van der Waals surface area (Å²) in [5.74, 6) is 0.0351. The van der Waals surface area contributed by atoms with Crippen LogP contribution >= 0.6 is 0 Å². The van der Waals surface area contributed by atoms with Crippen LogP contribution in [0.2, 0.25) is 0 Å². The van der Waals surface area contributed by atoms with Crippen LogP contribution in [0.3, 0.4) is 0 Å². The highest BCUT2D eigenvalue weighted by Gasteiger charge is 2.35. The Morgan fingerprint density at radius 3 is 2.63 bits per heavy atom. The van der Waals surface area contributed by atoms with E-state index >= 15 is 0 Å². The Bertz CT molecular complexity index is 926. The molecule has 0 bridgehead atoms. The molecular formula is C23H29N3O4. The van der Waals surface area contributed by atoms with Crippen molar-refractivity contribution in [2.75, 3.05) is 26.7 Å². The molecular weight excluding hydrogens is 382 g/mol. The van der Waals surface area contributed by atoms with Crippen molar-refractivity contribution in [3.05, 3.63) is 46.5 Å². The van der Waals surface area contributed by atoms with Crippen molar-refractivity contribution >= 4 is 22.4 Å². The fourth-order valence-electron chi connectivity index (χ4n) is 4.99. The van der Waals surface area contributed by atoms with Crippen molar-refractivity contribution in [2.45, 2.75) is 50.6 Å². The Hall–Kier alpha value is -2.67. The lowest BCUT2D eigenvalue weighted by Gasteiger charge is -2.42. The van der Waals surface area contributed by atoms with Crippen molar-refractivity contribution in [1.29, 1.82) is 0 Å². The maximum absolute atomic E-state index is 13.0. The van der Waals surface area contributed by atoms with Gasteiger partial charge in [0.2, 0.25) is 5.75 Å². The topological polar surface area (TPSA) is 75.9 Å². The zero-order valence-corrected chi connectivity index (χ0v) is 17.5. The standard InChI is InChI=1S/C23H29N3O4/c1-24(19-10-4-5-11-20(19)25-14-6-7-15-25)22(27)16-30-23-18-9-3-2-8-17(18)12-13-21(23)26(28)29/h2-3,8-9,12-13,19-20H,4-7,10-11,14-16H2,1H3/t19-,20-/m1/s1. The molecule has 1 saturated carbocycles. The van der Waals surface area contributed by atoms with Crippen LogP contribution in [0.5, 0.6) is 5.75 Å². The van der Waals surface area contributed by atoms with Crippen LogP contribution in [-0.2, 0) is 4.79 Å². The SMILES string of the molecule is CN(C(=O)COc1c([N+](=O)[O-])ccc2ccccc12)[C@@H]1CCCC[C@H]1N1CCCC1. The van der Waals surface area contributed by atoms with E-state index in [4.69, 9.17) is 4.74 Å². The molecule has 1 amide bonds. The Kier molecular flexibility index (Phi) is 6.18. The van der Waals surface area contributed by atoms with Crippen molar-refractivity contribution in [3.8, 4) is 5.75 Å². The molecule has 1 aliphatic heterocycles. The second-order valence-corrected chi connectivity index (χ2v) is 8.35. The van der Waals surface area contributed by atoms with Gasteiger partial charge in [-0.1, -0.05) is 37.1 Å². The maximum Gasteiger partial charge on any atom is 0.311 e. The van der Waals surface area contributed by atoms with E-state index in [1.807, 2.05) is 30.1 Å². The molecule has 0 aromatic heterocycles. The van der Waals surface area contributed by atoms with Crippen molar-refractivity contribution in [1.82, 2.24) is 9.80 Å². The van der Waals surface area contributed by atoms with Crippen LogP contribution in [-0.4, -0.2) is 59.5 Å². The van der Waals surface area contributed by atoms with Gasteiger partial charge in [-0.25, -0.2) is 0 Å². The minimum Gasteiger partial charge on any atom is -0.476 e. The average Bonchev–Trinajstić information content (AvgIpc) is 3.31. The molecule has 160 valence electrons. The molecule has 0 N–H and O–H groups in total. The smallest absolute Gasteiger partial charge is 0.311 e. The van der Waals surface area contributed by atoms with E-state index in [9.17, 15) is 14.9 Å². The lowest BCUT2D eigenvalue weighted by molar-refractivity contribution is -0.385. The maximum atomic E-state index is 13.0. The van der Waals surface area contributed by atoms with Gasteiger partial charge in [0.15, 0.2) is 6.61 Å². The van der Waals surface area contributed by atoms with E-state index in [2.05, 4.69) is 4.90 Å². The van der Waals surface area contributed by atoms with Gasteiger partial charge in [0.1, 0.15) is 0 Å². The summed E-state index contributed by atoms with van der Waals surface area (Å²) in [5, 5.41) is 13.0. The first kappa shape index (κ1) is 20.6. The summed E-state index contributed by atoms with van der Waals surface area (Å²) in [6.45, 7) is 2.03. The van der Waals surface area contributed by atoms with E-state index in [0.29, 0.717) is 11.4 Å². The molecule has 2 aromatic rings. The van der Waals surface area contributed by atoms with Gasteiger partial charge in [-0.05, 0) is 50.2 Å². The summed E-state index contributed by atoms with van der Waals surface area (Å²) in [4.78, 5) is 28.4. The molecule has 4 rings (SSSR count). The molecule has 2 aliphatic rings. The number of likely N-dealkylation sites (tertiary alicyclic amines) is 1. The minimum absolute atomic E-state index is 0.114. The third-order valence-electron chi connectivity index (χ3n) is 6.59. The highest BCUT2D eigenvalue weighted by molar-refractivity contribution is 5.92. The van der Waals surface area contributed by atoms with Gasteiger partial charge in [-0.2, -0.15) is 0 Å². The number of carbonyl (C=O) groups excluding carboxylic acids is 1. The third kappa shape index (κ3) is 4.12. The fraction of sp³-hybridized carbons (Fsp3) is 0.522. The number of amides is 1. The van der Waals surface area contributed by atoms with E-state index < -0.39 is 4.92 Å². The highest BCUT2D eigenvalue weighted by atomic mass is 16.6. The average molecular weight is 412 g/mol. The minimum atomic E-state index is -0.458. The number of ether oxygens (including phenoxy) is 1. The van der Waals surface area contributed by atoms with Gasteiger partial charge in [0.05, 0.1) is 4.92 Å². The van der Waals surface area contributed by atoms with Crippen molar-refractivity contribution in [2.24, 2.45) is 0 Å². The Labute approximate surface area is 176 Å². The molecule has 2 atom stereocenters. The van der Waals surface area contributed by atoms with Crippen molar-refractivity contribution < 1.29 is 14.5 Å². The van der Waals surface area contributed by atoms with Gasteiger partial charge in [-0.3, -0.25) is 19.8 Å². The summed E-state index contributed by atoms with van der Waals surface area (Å²) in [6, 6.07) is 11.1. The second kappa shape index (κ2) is 9.00. The molecule has 1 heterocycles. The number of likely N-dealkylation sites (N-methyl/N-ethyl adjacent to an activating group) is 1. The van der Waals surface area contributed by atoms with Gasteiger partial charge in [0, 0.05) is 30.6 Å². The van der Waals surface area contributed by atoms with Crippen LogP contribution in [0.15, 0.2) is 36.4 Å². The molecule has 7 nitrogen and oxygen atoms in total. The number of fused-ring (bicyclic) bond motifs is 1. The Balaban J connectivity index is 1.50. The quantitative estimate of drug-likeness (QED) is 0.531. The monoisotopic (exact) mass is 411 g/mol. The summed E-state index contributed by atoms with van der Waals surface area (Å²) >= 11 is 0. The van der Waals surface area contributed by atoms with Crippen LogP contribution < -0.4 is 4.74 Å². The van der Waals surface area contributed by atoms with E-state index in [1.165, 1.54) is 25.3 Å². The van der Waals surface area contributed by atoms with Gasteiger partial charge >= 0.3 is 5.69 Å². The number of hydrogen-bond donors (Lipinski definition) is 0. The zero-order chi connectivity index (χ0) is 21.1. The van der Waals surface area contributed by atoms with Crippen LogP contribution in [0.4, 0.5) is 5.69 Å². The first-order chi connectivity index (χ1) is 14.6. The highest BCUT2D eigenvalue weighted by Crippen LogP contribution is 2.35. The van der Waals surface area contributed by atoms with Crippen LogP contribution in [0.1, 0.15) is 38.5 Å². The number of nitrogens with zero attached hydrogens (tertiary/aromatic N) is 3. The predicted molar refractivity (Wildman–Crippen MR) is 116 cm³/mol. The summed E-state index contributed by atoms with van der Waals surface area (Å²) < 4.78 is 5.80. The number of benzene rings is 2. The molecule has 2 aromatic carbocycles. The summed E-state index contributed by atoms with van der Waals surface area (Å²) in [6.07, 6.45) is 6.92. The number of nitro groups is 1. The number of hydrogen-bond acceptors (Lipinski definition) is 5. The number of nitro benzene ring substituents is 1. The van der Waals surface area contributed by atoms with Gasteiger partial charge < -0.3 is 9.64 Å². The first-order valence-electron chi connectivity index (χ1n) is 10.8. The molecule has 1 saturated heterocycles. The molecule has 0 radical (unpaired) electrons. The largest absolute Gasteiger partial charge is 0.476 e. The molecule has 2 fully saturated rings. The van der Waals surface area contributed by atoms with Crippen molar-refractivity contribution in [3.63, 3.8) is 0 Å². The first-order valence-corrected chi connectivity index (χ1v) is 10.8. The lowest BCUT2D eigenvalue weighted by atomic mass is 9.88. The summed E-state index contributed by atoms with van der Waals surface area (Å²) in [7, 11) is 1.85. The van der Waals surface area contributed by atoms with Gasteiger partial charge in [-0.15, -0.1) is 0 Å². The number of carbonyl (C=O) groups is 1. The van der Waals surface area contributed by atoms with Gasteiger partial charge in [0.25, 0.3) is 5.91 Å². The molecule has 30 heavy (non-hydrogen) atoms. The van der Waals surface area contributed by atoms with E-state index in [0.717, 1.165) is 37.7 Å². The molecule has 0 unspecified atom stereocenters. The molecule has 7 heteroatoms. The molecule has 1 aliphatic carbocycles. The Morgan fingerprint density at radius 2 is 1.87 bits per heavy atom. The van der Waals surface area contributed by atoms with Crippen LogP contribution in [0.25, 0.3) is 10.8 Å². The molecule has 0 spiro atoms. The Morgan fingerprint density at radius 1 is 1.13 bits per heavy atom. The third-order valence-corrected chi connectivity index (χ3v) is 6.59. The predicted octanol–water partition coefficient (Wildman–Crippen LogP) is 3.99. The zero-order valence-electron chi connectivity index (χ0n) is 17.5. The lowest BCUT2D eigenvalue weighted by Crippen LogP contribution is -2.54. The fourth-order valence-corrected chi connectivity index (χ4v) is 4.99. The number of rotatable bonds is 6. The normalized spacial score (nSPS) is 22.2. The van der Waals surface area contributed by atoms with E-state index in [1.54, 1.807) is 12.1 Å². The van der Waals surface area contributed by atoms with Crippen LogP contribution in [0, 0.1) is 10.1 Å². The summed E-state index contributed by atoms with van der Waals surface area (Å²) in [5.41, 5.74) is -0.114.